The van der Waals surface area contributed by atoms with Gasteiger partial charge in [-0.15, -0.1) is 11.8 Å². The summed E-state index contributed by atoms with van der Waals surface area (Å²) in [5.41, 5.74) is 1.52. The lowest BCUT2D eigenvalue weighted by Crippen LogP contribution is -2.40. The monoisotopic (exact) mass is 477 g/mol. The van der Waals surface area contributed by atoms with Crippen LogP contribution >= 0.6 is 11.8 Å². The summed E-state index contributed by atoms with van der Waals surface area (Å²) in [4.78, 5) is 24.7. The number of carbonyl (C=O) groups excluding carboxylic acids is 2. The van der Waals surface area contributed by atoms with Crippen molar-refractivity contribution >= 4 is 39.3 Å². The van der Waals surface area contributed by atoms with Gasteiger partial charge in [-0.1, -0.05) is 12.1 Å². The predicted molar refractivity (Wildman–Crippen MR) is 124 cm³/mol. The number of nitrogens with zero attached hydrogens (tertiary/aromatic N) is 1. The minimum atomic E-state index is -3.53. The molecule has 32 heavy (non-hydrogen) atoms. The van der Waals surface area contributed by atoms with Crippen LogP contribution in [0.1, 0.15) is 19.4 Å². The van der Waals surface area contributed by atoms with Crippen LogP contribution in [-0.4, -0.2) is 56.1 Å². The molecule has 1 aliphatic heterocycles. The van der Waals surface area contributed by atoms with E-state index in [1.807, 2.05) is 19.1 Å². The SMILES string of the molecule is CC(=O)Nc1ccc(SC(C)C(=O)NCc2ccc(S(=O)(=O)N3CCOCC3)cc2)cc1. The molecule has 1 aliphatic rings. The maximum Gasteiger partial charge on any atom is 0.243 e. The number of thioether (sulfide) groups is 1. The highest BCUT2D eigenvalue weighted by atomic mass is 32.2. The minimum Gasteiger partial charge on any atom is -0.379 e. The number of ether oxygens (including phenoxy) is 1. The van der Waals surface area contributed by atoms with Crippen LogP contribution in [0.2, 0.25) is 0 Å². The summed E-state index contributed by atoms with van der Waals surface area (Å²) in [5, 5.41) is 5.27. The first-order valence-electron chi connectivity index (χ1n) is 10.2. The number of hydrogen-bond donors (Lipinski definition) is 2. The van der Waals surface area contributed by atoms with Crippen LogP contribution in [0.3, 0.4) is 0 Å². The minimum absolute atomic E-state index is 0.119. The van der Waals surface area contributed by atoms with Gasteiger partial charge >= 0.3 is 0 Å². The fourth-order valence-corrected chi connectivity index (χ4v) is 5.43. The highest BCUT2D eigenvalue weighted by molar-refractivity contribution is 8.00. The van der Waals surface area contributed by atoms with Crippen LogP contribution in [0.4, 0.5) is 5.69 Å². The normalized spacial score (nSPS) is 15.7. The molecule has 10 heteroatoms. The lowest BCUT2D eigenvalue weighted by atomic mass is 10.2. The highest BCUT2D eigenvalue weighted by Crippen LogP contribution is 2.25. The van der Waals surface area contributed by atoms with Gasteiger partial charge in [-0.2, -0.15) is 4.31 Å². The third kappa shape index (κ3) is 6.55. The number of carbonyl (C=O) groups is 2. The number of sulfonamides is 1. The zero-order valence-electron chi connectivity index (χ0n) is 18.0. The smallest absolute Gasteiger partial charge is 0.243 e. The van der Waals surface area contributed by atoms with E-state index in [0.29, 0.717) is 38.5 Å². The molecule has 0 spiro atoms. The molecule has 1 heterocycles. The molecule has 0 bridgehead atoms. The molecule has 2 N–H and O–H groups in total. The second-order valence-electron chi connectivity index (χ2n) is 7.34. The van der Waals surface area contributed by atoms with Crippen LogP contribution in [0.5, 0.6) is 0 Å². The van der Waals surface area contributed by atoms with Crippen LogP contribution < -0.4 is 10.6 Å². The Labute approximate surface area is 192 Å². The molecule has 2 aromatic rings. The number of nitrogens with one attached hydrogen (secondary N) is 2. The van der Waals surface area contributed by atoms with Gasteiger partial charge in [-0.3, -0.25) is 9.59 Å². The van der Waals surface area contributed by atoms with Crippen molar-refractivity contribution in [2.75, 3.05) is 31.6 Å². The van der Waals surface area contributed by atoms with Gasteiger partial charge in [0.05, 0.1) is 23.4 Å². The van der Waals surface area contributed by atoms with Gasteiger partial charge in [-0.05, 0) is 48.9 Å². The summed E-state index contributed by atoms with van der Waals surface area (Å²) >= 11 is 1.42. The number of amides is 2. The maximum absolute atomic E-state index is 12.7. The Morgan fingerprint density at radius 3 is 2.28 bits per heavy atom. The Hall–Kier alpha value is -2.40. The summed E-state index contributed by atoms with van der Waals surface area (Å²) < 4.78 is 32.0. The molecule has 1 atom stereocenters. The molecular weight excluding hydrogens is 450 g/mol. The van der Waals surface area contributed by atoms with Gasteiger partial charge in [0.2, 0.25) is 21.8 Å². The molecule has 0 saturated carbocycles. The zero-order valence-corrected chi connectivity index (χ0v) is 19.7. The van der Waals surface area contributed by atoms with Crippen LogP contribution in [0.15, 0.2) is 58.3 Å². The standard InChI is InChI=1S/C22H27N3O5S2/c1-16(31-20-7-5-19(6-8-20)24-17(2)26)22(27)23-15-18-3-9-21(10-4-18)32(28,29)25-11-13-30-14-12-25/h3-10,16H,11-15H2,1-2H3,(H,23,27)(H,24,26). The molecule has 3 rings (SSSR count). The van der Waals surface area contributed by atoms with Gasteiger partial charge in [0.1, 0.15) is 0 Å². The van der Waals surface area contributed by atoms with Crippen LogP contribution in [-0.2, 0) is 30.9 Å². The highest BCUT2D eigenvalue weighted by Gasteiger charge is 2.26. The van der Waals surface area contributed by atoms with Crippen molar-refractivity contribution in [3.63, 3.8) is 0 Å². The molecule has 8 nitrogen and oxygen atoms in total. The van der Waals surface area contributed by atoms with Gasteiger partial charge < -0.3 is 15.4 Å². The molecule has 0 aliphatic carbocycles. The van der Waals surface area contributed by atoms with E-state index in [4.69, 9.17) is 4.74 Å². The molecule has 1 saturated heterocycles. The number of hydrogen-bond acceptors (Lipinski definition) is 6. The van der Waals surface area contributed by atoms with Crippen LogP contribution in [0, 0.1) is 0 Å². The van der Waals surface area contributed by atoms with Crippen molar-refractivity contribution < 1.29 is 22.7 Å². The summed E-state index contributed by atoms with van der Waals surface area (Å²) in [5.74, 6) is -0.254. The van der Waals surface area contributed by atoms with Gasteiger partial charge in [-0.25, -0.2) is 8.42 Å². The van der Waals surface area contributed by atoms with E-state index in [1.54, 1.807) is 36.4 Å². The molecule has 2 aromatic carbocycles. The second-order valence-corrected chi connectivity index (χ2v) is 10.7. The van der Waals surface area contributed by atoms with E-state index in [1.165, 1.54) is 23.0 Å². The van der Waals surface area contributed by atoms with Crippen molar-refractivity contribution in [2.45, 2.75) is 35.4 Å². The Morgan fingerprint density at radius 1 is 1.06 bits per heavy atom. The van der Waals surface area contributed by atoms with E-state index in [0.717, 1.165) is 10.5 Å². The molecule has 172 valence electrons. The van der Waals surface area contributed by atoms with E-state index in [9.17, 15) is 18.0 Å². The Kier molecular flexibility index (Phi) is 8.30. The molecular formula is C22H27N3O5S2. The van der Waals surface area contributed by atoms with Crippen molar-refractivity contribution in [1.82, 2.24) is 9.62 Å². The fourth-order valence-electron chi connectivity index (χ4n) is 3.13. The Morgan fingerprint density at radius 2 is 1.69 bits per heavy atom. The third-order valence-electron chi connectivity index (χ3n) is 4.85. The molecule has 0 aromatic heterocycles. The number of benzene rings is 2. The summed E-state index contributed by atoms with van der Waals surface area (Å²) in [6.07, 6.45) is 0. The van der Waals surface area contributed by atoms with E-state index >= 15 is 0 Å². The molecule has 2 amide bonds. The topological polar surface area (TPSA) is 105 Å². The van der Waals surface area contributed by atoms with Crippen molar-refractivity contribution in [3.8, 4) is 0 Å². The number of anilines is 1. The number of rotatable bonds is 8. The lowest BCUT2D eigenvalue weighted by molar-refractivity contribution is -0.120. The number of morpholine rings is 1. The first kappa shape index (κ1) is 24.2. The maximum atomic E-state index is 12.7. The average Bonchev–Trinajstić information content (AvgIpc) is 2.79. The van der Waals surface area contributed by atoms with E-state index < -0.39 is 10.0 Å². The van der Waals surface area contributed by atoms with E-state index in [2.05, 4.69) is 10.6 Å². The third-order valence-corrected chi connectivity index (χ3v) is 7.88. The van der Waals surface area contributed by atoms with Crippen LogP contribution in [0.25, 0.3) is 0 Å². The van der Waals surface area contributed by atoms with Crippen molar-refractivity contribution in [3.05, 3.63) is 54.1 Å². The van der Waals surface area contributed by atoms with E-state index in [-0.39, 0.29) is 22.0 Å². The average molecular weight is 478 g/mol. The first-order valence-corrected chi connectivity index (χ1v) is 12.6. The zero-order chi connectivity index (χ0) is 23.1. The Balaban J connectivity index is 1.51. The largest absolute Gasteiger partial charge is 0.379 e. The van der Waals surface area contributed by atoms with Crippen molar-refractivity contribution in [2.24, 2.45) is 0 Å². The van der Waals surface area contributed by atoms with Gasteiger partial charge in [0, 0.05) is 37.1 Å². The summed E-state index contributed by atoms with van der Waals surface area (Å²) in [6.45, 7) is 5.09. The Bertz CT molecular complexity index is 1030. The molecule has 0 radical (unpaired) electrons. The van der Waals surface area contributed by atoms with Gasteiger partial charge in [0.15, 0.2) is 0 Å². The predicted octanol–water partition coefficient (Wildman–Crippen LogP) is 2.46. The first-order chi connectivity index (χ1) is 15.3. The molecule has 1 unspecified atom stereocenters. The summed E-state index contributed by atoms with van der Waals surface area (Å²) in [7, 11) is -3.53. The quantitative estimate of drug-likeness (QED) is 0.566. The lowest BCUT2D eigenvalue weighted by Gasteiger charge is -2.26. The molecule has 1 fully saturated rings. The van der Waals surface area contributed by atoms with Crippen molar-refractivity contribution in [1.29, 1.82) is 0 Å². The summed E-state index contributed by atoms with van der Waals surface area (Å²) in [6, 6.07) is 13.9. The van der Waals surface area contributed by atoms with Gasteiger partial charge in [0.25, 0.3) is 0 Å². The second kappa shape index (κ2) is 11.0. The fraction of sp³-hybridized carbons (Fsp3) is 0.364.